The van der Waals surface area contributed by atoms with Crippen LogP contribution in [-0.4, -0.2) is 22.7 Å². The molecule has 2 amide bonds. The molecule has 0 spiro atoms. The molecule has 2 heterocycles. The molecule has 1 aliphatic rings. The minimum absolute atomic E-state index is 0.208. The highest BCUT2D eigenvalue weighted by atomic mass is 16.5. The number of amides is 2. The zero-order valence-corrected chi connectivity index (χ0v) is 16.1. The Balaban J connectivity index is 1.57. The molecule has 29 heavy (non-hydrogen) atoms. The molecular weight excluding hydrogens is 372 g/mol. The first-order valence-electron chi connectivity index (χ1n) is 9.32. The summed E-state index contributed by atoms with van der Waals surface area (Å²) in [5, 5.41) is 10.8. The van der Waals surface area contributed by atoms with Crippen molar-refractivity contribution >= 4 is 23.3 Å². The monoisotopic (exact) mass is 392 g/mol. The molecule has 0 unspecified atom stereocenters. The highest BCUT2D eigenvalue weighted by molar-refractivity contribution is 6.09. The number of fused-ring (bicyclic) bond motifs is 1. The van der Waals surface area contributed by atoms with Gasteiger partial charge in [-0.05, 0) is 38.8 Å². The molecule has 0 bridgehead atoms. The van der Waals surface area contributed by atoms with E-state index in [0.29, 0.717) is 47.0 Å². The number of furan rings is 1. The maximum Gasteiger partial charge on any atom is 0.292 e. The van der Waals surface area contributed by atoms with Crippen molar-refractivity contribution in [3.63, 3.8) is 0 Å². The molecule has 3 aromatic rings. The predicted molar refractivity (Wildman–Crippen MR) is 106 cm³/mol. The minimum atomic E-state index is -0.405. The van der Waals surface area contributed by atoms with E-state index >= 15 is 0 Å². The van der Waals surface area contributed by atoms with Gasteiger partial charge in [0.05, 0.1) is 5.71 Å². The standard InChI is InChI=1S/C21H20N4O4/c1-12-11-17(25-29-12)22-21(27)19-13(2)18-15(9-6-10-16(18)28-19)23-24-20(26)14-7-4-3-5-8-14/h3-5,7-8,11H,6,9-10H2,1-2H3,(H,24,26)(H,22,25,27)/b23-15+. The molecule has 148 valence electrons. The average molecular weight is 392 g/mol. The Hall–Kier alpha value is -3.68. The summed E-state index contributed by atoms with van der Waals surface area (Å²) in [6.07, 6.45) is 2.22. The summed E-state index contributed by atoms with van der Waals surface area (Å²) in [6.45, 7) is 3.55. The molecule has 4 rings (SSSR count). The third kappa shape index (κ3) is 3.82. The van der Waals surface area contributed by atoms with Crippen LogP contribution < -0.4 is 10.7 Å². The first-order chi connectivity index (χ1) is 14.0. The van der Waals surface area contributed by atoms with Gasteiger partial charge in [-0.25, -0.2) is 5.43 Å². The number of aromatic nitrogens is 1. The van der Waals surface area contributed by atoms with Crippen molar-refractivity contribution in [2.24, 2.45) is 5.10 Å². The van der Waals surface area contributed by atoms with E-state index in [1.54, 1.807) is 37.3 Å². The van der Waals surface area contributed by atoms with Gasteiger partial charge in [0.1, 0.15) is 11.5 Å². The molecule has 0 atom stereocenters. The number of benzene rings is 1. The van der Waals surface area contributed by atoms with Gasteiger partial charge < -0.3 is 14.3 Å². The van der Waals surface area contributed by atoms with E-state index in [1.807, 2.05) is 13.0 Å². The Bertz CT molecular complexity index is 1100. The molecule has 0 aliphatic heterocycles. The molecule has 0 radical (unpaired) electrons. The summed E-state index contributed by atoms with van der Waals surface area (Å²) in [7, 11) is 0. The van der Waals surface area contributed by atoms with Crippen molar-refractivity contribution in [3.8, 4) is 0 Å². The van der Waals surface area contributed by atoms with Gasteiger partial charge in [0.15, 0.2) is 11.6 Å². The molecule has 0 fully saturated rings. The van der Waals surface area contributed by atoms with Crippen LogP contribution in [0.5, 0.6) is 0 Å². The third-order valence-electron chi connectivity index (χ3n) is 4.73. The van der Waals surface area contributed by atoms with E-state index in [-0.39, 0.29) is 11.7 Å². The van der Waals surface area contributed by atoms with Gasteiger partial charge >= 0.3 is 0 Å². The summed E-state index contributed by atoms with van der Waals surface area (Å²) in [4.78, 5) is 24.9. The normalized spacial score (nSPS) is 14.5. The fraction of sp³-hybridized carbons (Fsp3) is 0.238. The molecule has 1 aromatic carbocycles. The van der Waals surface area contributed by atoms with Crippen molar-refractivity contribution in [2.45, 2.75) is 33.1 Å². The van der Waals surface area contributed by atoms with Crippen molar-refractivity contribution < 1.29 is 18.5 Å². The number of hydrogen-bond acceptors (Lipinski definition) is 6. The van der Waals surface area contributed by atoms with Crippen molar-refractivity contribution in [1.29, 1.82) is 0 Å². The smallest absolute Gasteiger partial charge is 0.292 e. The van der Waals surface area contributed by atoms with Crippen LogP contribution in [-0.2, 0) is 6.42 Å². The molecule has 2 N–H and O–H groups in total. The maximum atomic E-state index is 12.6. The number of nitrogens with one attached hydrogen (secondary N) is 2. The Labute approximate surface area is 167 Å². The van der Waals surface area contributed by atoms with Gasteiger partial charge in [-0.1, -0.05) is 23.4 Å². The lowest BCUT2D eigenvalue weighted by atomic mass is 9.93. The Morgan fingerprint density at radius 3 is 2.62 bits per heavy atom. The number of hydrazone groups is 1. The van der Waals surface area contributed by atoms with Crippen LogP contribution in [0, 0.1) is 13.8 Å². The van der Waals surface area contributed by atoms with Gasteiger partial charge in [0.2, 0.25) is 0 Å². The molecule has 0 saturated heterocycles. The zero-order valence-electron chi connectivity index (χ0n) is 16.1. The van der Waals surface area contributed by atoms with Crippen molar-refractivity contribution in [2.75, 3.05) is 5.32 Å². The van der Waals surface area contributed by atoms with Crippen LogP contribution in [0.3, 0.4) is 0 Å². The van der Waals surface area contributed by atoms with Crippen LogP contribution in [0.25, 0.3) is 0 Å². The van der Waals surface area contributed by atoms with E-state index in [9.17, 15) is 9.59 Å². The predicted octanol–water partition coefficient (Wildman–Crippen LogP) is 3.61. The largest absolute Gasteiger partial charge is 0.455 e. The molecule has 2 aromatic heterocycles. The summed E-state index contributed by atoms with van der Waals surface area (Å²) in [5.74, 6) is 1.14. The molecular formula is C21H20N4O4. The average Bonchev–Trinajstić information content (AvgIpc) is 3.30. The van der Waals surface area contributed by atoms with E-state index in [0.717, 1.165) is 12.0 Å². The number of aryl methyl sites for hydroxylation is 2. The number of carbonyl (C=O) groups is 2. The van der Waals surface area contributed by atoms with Crippen LogP contribution in [0.2, 0.25) is 0 Å². The van der Waals surface area contributed by atoms with Crippen molar-refractivity contribution in [3.05, 3.63) is 70.4 Å². The molecule has 0 saturated carbocycles. The lowest BCUT2D eigenvalue weighted by molar-refractivity contribution is 0.0953. The lowest BCUT2D eigenvalue weighted by Crippen LogP contribution is -2.22. The number of hydrogen-bond donors (Lipinski definition) is 2. The van der Waals surface area contributed by atoms with Gasteiger partial charge in [-0.3, -0.25) is 9.59 Å². The first-order valence-corrected chi connectivity index (χ1v) is 9.32. The maximum absolute atomic E-state index is 12.6. The highest BCUT2D eigenvalue weighted by Gasteiger charge is 2.28. The van der Waals surface area contributed by atoms with E-state index in [2.05, 4.69) is 21.0 Å². The van der Waals surface area contributed by atoms with Crippen LogP contribution in [0.1, 0.15) is 56.4 Å². The number of rotatable bonds is 4. The quantitative estimate of drug-likeness (QED) is 0.659. The number of carbonyl (C=O) groups excluding carboxylic acids is 2. The minimum Gasteiger partial charge on any atom is -0.455 e. The second kappa shape index (κ2) is 7.75. The Morgan fingerprint density at radius 1 is 1.10 bits per heavy atom. The Kier molecular flexibility index (Phi) is 4.99. The van der Waals surface area contributed by atoms with Gasteiger partial charge in [0, 0.05) is 29.2 Å². The number of nitrogens with zero attached hydrogens (tertiary/aromatic N) is 2. The highest BCUT2D eigenvalue weighted by Crippen LogP contribution is 2.30. The van der Waals surface area contributed by atoms with Crippen LogP contribution in [0.4, 0.5) is 5.82 Å². The van der Waals surface area contributed by atoms with Gasteiger partial charge in [-0.15, -0.1) is 0 Å². The van der Waals surface area contributed by atoms with Crippen LogP contribution in [0.15, 0.2) is 50.4 Å². The summed E-state index contributed by atoms with van der Waals surface area (Å²) < 4.78 is 10.8. The summed E-state index contributed by atoms with van der Waals surface area (Å²) in [6, 6.07) is 10.5. The van der Waals surface area contributed by atoms with E-state index in [1.165, 1.54) is 0 Å². The fourth-order valence-electron chi connectivity index (χ4n) is 3.37. The molecule has 8 nitrogen and oxygen atoms in total. The third-order valence-corrected chi connectivity index (χ3v) is 4.73. The second-order valence-electron chi connectivity index (χ2n) is 6.85. The second-order valence-corrected chi connectivity index (χ2v) is 6.85. The van der Waals surface area contributed by atoms with Gasteiger partial charge in [-0.2, -0.15) is 5.10 Å². The van der Waals surface area contributed by atoms with Crippen LogP contribution >= 0.6 is 0 Å². The zero-order chi connectivity index (χ0) is 20.4. The van der Waals surface area contributed by atoms with E-state index in [4.69, 9.17) is 8.94 Å². The van der Waals surface area contributed by atoms with Crippen molar-refractivity contribution in [1.82, 2.24) is 10.6 Å². The van der Waals surface area contributed by atoms with Gasteiger partial charge in [0.25, 0.3) is 11.8 Å². The lowest BCUT2D eigenvalue weighted by Gasteiger charge is -2.13. The Morgan fingerprint density at radius 2 is 1.90 bits per heavy atom. The fourth-order valence-corrected chi connectivity index (χ4v) is 3.37. The topological polar surface area (TPSA) is 110 Å². The van der Waals surface area contributed by atoms with E-state index < -0.39 is 5.91 Å². The summed E-state index contributed by atoms with van der Waals surface area (Å²) >= 11 is 0. The molecule has 1 aliphatic carbocycles. The first kappa shape index (κ1) is 18.7. The molecule has 8 heteroatoms. The SMILES string of the molecule is Cc1cc(NC(=O)c2oc3c(c2C)/C(=N/NC(=O)c2ccccc2)CCC3)no1. The summed E-state index contributed by atoms with van der Waals surface area (Å²) in [5.41, 5.74) is 5.30. The number of anilines is 1.